The Hall–Kier alpha value is -2.67. The van der Waals surface area contributed by atoms with Gasteiger partial charge in [-0.15, -0.1) is 0 Å². The Bertz CT molecular complexity index is 905. The number of fused-ring (bicyclic) bond motifs is 2. The van der Waals surface area contributed by atoms with E-state index in [-0.39, 0.29) is 11.8 Å². The van der Waals surface area contributed by atoms with E-state index in [0.29, 0.717) is 37.8 Å². The summed E-state index contributed by atoms with van der Waals surface area (Å²) in [5.74, 6) is 0.122. The molecule has 3 heterocycles. The van der Waals surface area contributed by atoms with Crippen molar-refractivity contribution in [2.75, 3.05) is 26.8 Å². The summed E-state index contributed by atoms with van der Waals surface area (Å²) in [4.78, 5) is 32.4. The first-order valence-electron chi connectivity index (χ1n) is 10.4. The molecule has 0 spiro atoms. The molecule has 2 aliphatic rings. The Morgan fingerprint density at radius 2 is 1.97 bits per heavy atom. The number of ether oxygens (including phenoxy) is 1. The predicted molar refractivity (Wildman–Crippen MR) is 109 cm³/mol. The number of methoxy groups -OCH3 is 1. The number of hydrogen-bond donors (Lipinski definition) is 1. The van der Waals surface area contributed by atoms with Gasteiger partial charge in [0.1, 0.15) is 5.69 Å². The van der Waals surface area contributed by atoms with Gasteiger partial charge in [0.2, 0.25) is 0 Å². The van der Waals surface area contributed by atoms with Crippen LogP contribution < -0.4 is 5.32 Å². The van der Waals surface area contributed by atoms with Crippen LogP contribution in [0.5, 0.6) is 0 Å². The quantitative estimate of drug-likeness (QED) is 0.760. The fraction of sp³-hybridized carbons (Fsp3) is 0.500. The molecular weight excluding hydrogens is 368 g/mol. The smallest absolute Gasteiger partial charge is 0.290 e. The van der Waals surface area contributed by atoms with Gasteiger partial charge in [-0.25, -0.2) is 4.98 Å². The molecule has 7 nitrogen and oxygen atoms in total. The molecule has 2 aromatic rings. The molecule has 0 saturated heterocycles. The van der Waals surface area contributed by atoms with Crippen molar-refractivity contribution in [2.24, 2.45) is 0 Å². The number of imidazole rings is 1. The van der Waals surface area contributed by atoms with Gasteiger partial charge in [0.15, 0.2) is 5.82 Å². The highest BCUT2D eigenvalue weighted by atomic mass is 16.5. The summed E-state index contributed by atoms with van der Waals surface area (Å²) in [6.45, 7) is 3.14. The topological polar surface area (TPSA) is 76.5 Å². The van der Waals surface area contributed by atoms with E-state index in [4.69, 9.17) is 4.74 Å². The molecule has 1 aromatic heterocycles. The van der Waals surface area contributed by atoms with Crippen molar-refractivity contribution < 1.29 is 14.3 Å². The van der Waals surface area contributed by atoms with Gasteiger partial charge in [-0.2, -0.15) is 0 Å². The van der Waals surface area contributed by atoms with E-state index in [1.165, 1.54) is 11.1 Å². The van der Waals surface area contributed by atoms with Crippen molar-refractivity contribution in [1.29, 1.82) is 0 Å². The molecule has 154 valence electrons. The van der Waals surface area contributed by atoms with Crippen molar-refractivity contribution in [3.8, 4) is 0 Å². The molecule has 4 rings (SSSR count). The monoisotopic (exact) mass is 396 g/mol. The van der Waals surface area contributed by atoms with Crippen LogP contribution in [0.4, 0.5) is 0 Å². The van der Waals surface area contributed by atoms with Crippen LogP contribution in [0, 0.1) is 0 Å². The van der Waals surface area contributed by atoms with Crippen LogP contribution in [0.25, 0.3) is 0 Å². The van der Waals surface area contributed by atoms with E-state index in [1.54, 1.807) is 7.11 Å². The van der Waals surface area contributed by atoms with Gasteiger partial charge >= 0.3 is 0 Å². The molecule has 7 heteroatoms. The second-order valence-electron chi connectivity index (χ2n) is 7.69. The molecule has 1 N–H and O–H groups in total. The van der Waals surface area contributed by atoms with Crippen LogP contribution in [0.2, 0.25) is 0 Å². The summed E-state index contributed by atoms with van der Waals surface area (Å²) in [5, 5.41) is 2.91. The molecule has 29 heavy (non-hydrogen) atoms. The molecule has 0 unspecified atom stereocenters. The highest BCUT2D eigenvalue weighted by Crippen LogP contribution is 2.24. The van der Waals surface area contributed by atoms with Crippen LogP contribution >= 0.6 is 0 Å². The highest BCUT2D eigenvalue weighted by molar-refractivity contribution is 5.97. The lowest BCUT2D eigenvalue weighted by molar-refractivity contribution is 0.0716. The van der Waals surface area contributed by atoms with Crippen LogP contribution in [0.3, 0.4) is 0 Å². The molecule has 0 atom stereocenters. The summed E-state index contributed by atoms with van der Waals surface area (Å²) in [7, 11) is 1.64. The first kappa shape index (κ1) is 19.6. The van der Waals surface area contributed by atoms with Crippen molar-refractivity contribution in [2.45, 2.75) is 45.2 Å². The highest BCUT2D eigenvalue weighted by Gasteiger charge is 2.31. The molecule has 0 fully saturated rings. The number of carbonyl (C=O) groups excluding carboxylic acids is 2. The summed E-state index contributed by atoms with van der Waals surface area (Å²) >= 11 is 0. The van der Waals surface area contributed by atoms with Gasteiger partial charge in [0, 0.05) is 39.9 Å². The van der Waals surface area contributed by atoms with Gasteiger partial charge in [-0.1, -0.05) is 24.3 Å². The number of rotatable bonds is 6. The Balaban J connectivity index is 1.55. The number of hydrogen-bond acceptors (Lipinski definition) is 4. The average Bonchev–Trinajstić information content (AvgIpc) is 3.15. The normalized spacial score (nSPS) is 15.6. The summed E-state index contributed by atoms with van der Waals surface area (Å²) in [6.07, 6.45) is 4.39. The third-order valence-corrected chi connectivity index (χ3v) is 5.75. The van der Waals surface area contributed by atoms with Gasteiger partial charge in [0.05, 0.1) is 5.69 Å². The number of amides is 2. The first-order chi connectivity index (χ1) is 14.2. The summed E-state index contributed by atoms with van der Waals surface area (Å²) in [5.41, 5.74) is 3.79. The number of nitrogens with zero attached hydrogens (tertiary/aromatic N) is 3. The largest absolute Gasteiger partial charge is 0.385 e. The second kappa shape index (κ2) is 8.78. The maximum Gasteiger partial charge on any atom is 0.290 e. The van der Waals surface area contributed by atoms with E-state index in [2.05, 4.69) is 22.4 Å². The van der Waals surface area contributed by atoms with Crippen molar-refractivity contribution in [3.63, 3.8) is 0 Å². The molecule has 0 saturated carbocycles. The average molecular weight is 396 g/mol. The Morgan fingerprint density at radius 3 is 2.79 bits per heavy atom. The maximum atomic E-state index is 13.3. The van der Waals surface area contributed by atoms with Crippen molar-refractivity contribution in [1.82, 2.24) is 19.8 Å². The summed E-state index contributed by atoms with van der Waals surface area (Å²) in [6, 6.07) is 8.25. The fourth-order valence-electron chi connectivity index (χ4n) is 4.20. The maximum absolute atomic E-state index is 13.3. The minimum atomic E-state index is -0.199. The zero-order chi connectivity index (χ0) is 20.2. The summed E-state index contributed by atoms with van der Waals surface area (Å²) < 4.78 is 7.00. The van der Waals surface area contributed by atoms with Crippen LogP contribution in [-0.4, -0.2) is 53.1 Å². The Labute approximate surface area is 171 Å². The first-order valence-corrected chi connectivity index (χ1v) is 10.4. The van der Waals surface area contributed by atoms with Gasteiger partial charge in [0.25, 0.3) is 11.8 Å². The Kier molecular flexibility index (Phi) is 5.94. The predicted octanol–water partition coefficient (Wildman–Crippen LogP) is 2.18. The van der Waals surface area contributed by atoms with E-state index >= 15 is 0 Å². The zero-order valence-electron chi connectivity index (χ0n) is 16.9. The fourth-order valence-corrected chi connectivity index (χ4v) is 4.20. The molecule has 2 amide bonds. The van der Waals surface area contributed by atoms with E-state index in [1.807, 2.05) is 21.6 Å². The third kappa shape index (κ3) is 4.05. The van der Waals surface area contributed by atoms with E-state index in [9.17, 15) is 9.59 Å². The zero-order valence-corrected chi connectivity index (χ0v) is 16.9. The lowest BCUT2D eigenvalue weighted by Crippen LogP contribution is -2.37. The lowest BCUT2D eigenvalue weighted by atomic mass is 10.00. The number of aromatic nitrogens is 2. The molecule has 0 radical (unpaired) electrons. The molecule has 1 aromatic carbocycles. The van der Waals surface area contributed by atoms with Crippen LogP contribution in [0.15, 0.2) is 24.3 Å². The van der Waals surface area contributed by atoms with Gasteiger partial charge in [-0.3, -0.25) is 9.59 Å². The van der Waals surface area contributed by atoms with Crippen molar-refractivity contribution >= 4 is 11.8 Å². The number of benzene rings is 1. The SMILES string of the molecule is COCCCNC(=O)c1nc(C(=O)N2CCc3ccccc3C2)n2c1CCCC2. The van der Waals surface area contributed by atoms with Gasteiger partial charge < -0.3 is 19.5 Å². The number of carbonyl (C=O) groups is 2. The Morgan fingerprint density at radius 1 is 1.14 bits per heavy atom. The molecular formula is C22H28N4O3. The minimum absolute atomic E-state index is 0.0823. The van der Waals surface area contributed by atoms with Crippen LogP contribution in [0.1, 0.15) is 57.2 Å². The standard InChI is InChI=1S/C22H28N4O3/c1-29-14-6-11-23-21(27)19-18-9-4-5-12-26(18)20(24-19)22(28)25-13-10-16-7-2-3-8-17(16)15-25/h2-3,7-8H,4-6,9-15H2,1H3,(H,23,27). The second-order valence-corrected chi connectivity index (χ2v) is 7.69. The third-order valence-electron chi connectivity index (χ3n) is 5.75. The van der Waals surface area contributed by atoms with E-state index < -0.39 is 0 Å². The minimum Gasteiger partial charge on any atom is -0.385 e. The molecule has 2 aliphatic heterocycles. The van der Waals surface area contributed by atoms with Crippen molar-refractivity contribution in [3.05, 3.63) is 52.6 Å². The molecule has 0 aliphatic carbocycles. The van der Waals surface area contributed by atoms with Crippen LogP contribution in [-0.2, 0) is 30.7 Å². The van der Waals surface area contributed by atoms with Gasteiger partial charge in [-0.05, 0) is 43.2 Å². The lowest BCUT2D eigenvalue weighted by Gasteiger charge is -2.29. The molecule has 0 bridgehead atoms. The van der Waals surface area contributed by atoms with E-state index in [0.717, 1.165) is 44.3 Å². The number of nitrogens with one attached hydrogen (secondary N) is 1.